The van der Waals surface area contributed by atoms with Crippen LogP contribution in [-0.2, 0) is 0 Å². The molecule has 0 spiro atoms. The van der Waals surface area contributed by atoms with E-state index in [9.17, 15) is 8.78 Å². The Labute approximate surface area is 101 Å². The van der Waals surface area contributed by atoms with E-state index >= 15 is 0 Å². The lowest BCUT2D eigenvalue weighted by Gasteiger charge is -2.07. The summed E-state index contributed by atoms with van der Waals surface area (Å²) in [5.41, 5.74) is 5.49. The second-order valence-corrected chi connectivity index (χ2v) is 3.36. The van der Waals surface area contributed by atoms with E-state index in [1.165, 1.54) is 12.1 Å². The highest BCUT2D eigenvalue weighted by molar-refractivity contribution is 5.59. The molecule has 0 saturated heterocycles. The first-order valence-electron chi connectivity index (χ1n) is 4.85. The molecule has 7 heteroatoms. The monoisotopic (exact) mass is 247 g/mol. The van der Waals surface area contributed by atoms with Crippen molar-refractivity contribution in [1.82, 2.24) is 9.97 Å². The zero-order valence-corrected chi connectivity index (χ0v) is 8.98. The van der Waals surface area contributed by atoms with Crippen molar-refractivity contribution in [3.8, 4) is 6.07 Å². The van der Waals surface area contributed by atoms with Gasteiger partial charge in [0.1, 0.15) is 11.9 Å². The summed E-state index contributed by atoms with van der Waals surface area (Å²) in [6, 6.07) is 5.38. The number of nitriles is 1. The Hall–Kier alpha value is -2.75. The van der Waals surface area contributed by atoms with Gasteiger partial charge in [-0.25, -0.2) is 13.8 Å². The van der Waals surface area contributed by atoms with Crippen molar-refractivity contribution in [2.24, 2.45) is 0 Å². The van der Waals surface area contributed by atoms with E-state index in [1.54, 1.807) is 6.07 Å². The number of aromatic nitrogens is 2. The van der Waals surface area contributed by atoms with Crippen molar-refractivity contribution in [3.63, 3.8) is 0 Å². The van der Waals surface area contributed by atoms with Gasteiger partial charge in [-0.15, -0.1) is 0 Å². The molecule has 0 radical (unpaired) electrons. The number of rotatable bonds is 2. The minimum atomic E-state index is -0.702. The number of nitrogens with one attached hydrogen (secondary N) is 1. The highest BCUT2D eigenvalue weighted by atomic mass is 19.1. The summed E-state index contributed by atoms with van der Waals surface area (Å²) in [5, 5.41) is 11.3. The summed E-state index contributed by atoms with van der Waals surface area (Å²) in [4.78, 5) is 7.12. The third kappa shape index (κ3) is 2.32. The van der Waals surface area contributed by atoms with Crippen LogP contribution in [0.3, 0.4) is 0 Å². The van der Waals surface area contributed by atoms with E-state index in [2.05, 4.69) is 15.3 Å². The minimum Gasteiger partial charge on any atom is -0.368 e. The Morgan fingerprint density at radius 1 is 1.28 bits per heavy atom. The Morgan fingerprint density at radius 2 is 2.06 bits per heavy atom. The Morgan fingerprint density at radius 3 is 2.78 bits per heavy atom. The van der Waals surface area contributed by atoms with Crippen molar-refractivity contribution >= 4 is 17.5 Å². The number of anilines is 3. The highest BCUT2D eigenvalue weighted by Crippen LogP contribution is 2.20. The van der Waals surface area contributed by atoms with Gasteiger partial charge in [-0.3, -0.25) is 0 Å². The molecule has 1 heterocycles. The summed E-state index contributed by atoms with van der Waals surface area (Å²) in [6.07, 6.45) is 0.916. The molecule has 5 nitrogen and oxygen atoms in total. The van der Waals surface area contributed by atoms with Crippen LogP contribution in [-0.4, -0.2) is 9.97 Å². The predicted molar refractivity (Wildman–Crippen MR) is 60.8 cm³/mol. The van der Waals surface area contributed by atoms with Crippen molar-refractivity contribution in [3.05, 3.63) is 41.6 Å². The average Bonchev–Trinajstić information content (AvgIpc) is 2.36. The van der Waals surface area contributed by atoms with E-state index in [0.717, 1.165) is 12.3 Å². The van der Waals surface area contributed by atoms with Crippen molar-refractivity contribution < 1.29 is 8.78 Å². The van der Waals surface area contributed by atoms with Gasteiger partial charge in [0.2, 0.25) is 5.95 Å². The van der Waals surface area contributed by atoms with E-state index in [0.29, 0.717) is 5.69 Å². The van der Waals surface area contributed by atoms with Gasteiger partial charge < -0.3 is 11.1 Å². The fourth-order valence-corrected chi connectivity index (χ4v) is 1.29. The molecule has 0 saturated carbocycles. The molecule has 2 aromatic rings. The van der Waals surface area contributed by atoms with Gasteiger partial charge >= 0.3 is 0 Å². The fraction of sp³-hybridized carbons (Fsp3) is 0. The molecule has 0 atom stereocenters. The molecule has 1 aromatic heterocycles. The molecule has 90 valence electrons. The molecule has 0 unspecified atom stereocenters. The van der Waals surface area contributed by atoms with Gasteiger partial charge in [-0.2, -0.15) is 10.2 Å². The number of halogens is 2. The number of benzene rings is 1. The molecule has 18 heavy (non-hydrogen) atoms. The summed E-state index contributed by atoms with van der Waals surface area (Å²) in [7, 11) is 0. The minimum absolute atomic E-state index is 0.0958. The number of nitrogen functional groups attached to an aromatic ring is 1. The van der Waals surface area contributed by atoms with Crippen LogP contribution in [0.25, 0.3) is 0 Å². The molecular weight excluding hydrogens is 240 g/mol. The Balaban J connectivity index is 2.34. The molecule has 3 N–H and O–H groups in total. The maximum Gasteiger partial charge on any atom is 0.222 e. The maximum atomic E-state index is 13.3. The summed E-state index contributed by atoms with van der Waals surface area (Å²) in [6.45, 7) is 0. The largest absolute Gasteiger partial charge is 0.368 e. The quantitative estimate of drug-likeness (QED) is 0.846. The SMILES string of the molecule is N#Cc1cc(Nc2nc(N)ncc2F)ccc1F. The lowest BCUT2D eigenvalue weighted by Crippen LogP contribution is -2.02. The van der Waals surface area contributed by atoms with Crippen LogP contribution in [0, 0.1) is 23.0 Å². The number of nitrogens with two attached hydrogens (primary N) is 1. The number of hydrogen-bond acceptors (Lipinski definition) is 5. The average molecular weight is 247 g/mol. The molecule has 0 aliphatic rings. The van der Waals surface area contributed by atoms with E-state index < -0.39 is 11.6 Å². The van der Waals surface area contributed by atoms with Crippen molar-refractivity contribution in [2.45, 2.75) is 0 Å². The smallest absolute Gasteiger partial charge is 0.222 e. The van der Waals surface area contributed by atoms with Gasteiger partial charge in [0, 0.05) is 5.69 Å². The predicted octanol–water partition coefficient (Wildman–Crippen LogP) is 1.95. The van der Waals surface area contributed by atoms with Crippen molar-refractivity contribution in [2.75, 3.05) is 11.1 Å². The molecular formula is C11H7F2N5. The topological polar surface area (TPSA) is 87.6 Å². The van der Waals surface area contributed by atoms with Crippen LogP contribution in [0.4, 0.5) is 26.2 Å². The fourth-order valence-electron chi connectivity index (χ4n) is 1.29. The number of nitrogens with zero attached hydrogens (tertiary/aromatic N) is 3. The molecule has 0 fully saturated rings. The van der Waals surface area contributed by atoms with Crippen LogP contribution < -0.4 is 11.1 Å². The first-order chi connectivity index (χ1) is 8.60. The van der Waals surface area contributed by atoms with Crippen LogP contribution in [0.2, 0.25) is 0 Å². The summed E-state index contributed by atoms with van der Waals surface area (Å²) < 4.78 is 26.4. The third-order valence-corrected chi connectivity index (χ3v) is 2.11. The van der Waals surface area contributed by atoms with Crippen LogP contribution in [0.1, 0.15) is 5.56 Å². The van der Waals surface area contributed by atoms with E-state index in [1.807, 2.05) is 0 Å². The van der Waals surface area contributed by atoms with Crippen molar-refractivity contribution in [1.29, 1.82) is 5.26 Å². The van der Waals surface area contributed by atoms with Crippen LogP contribution >= 0.6 is 0 Å². The maximum absolute atomic E-state index is 13.3. The Kier molecular flexibility index (Phi) is 3.02. The second-order valence-electron chi connectivity index (χ2n) is 3.36. The normalized spacial score (nSPS) is 9.83. The van der Waals surface area contributed by atoms with E-state index in [4.69, 9.17) is 11.0 Å². The van der Waals surface area contributed by atoms with Gasteiger partial charge in [0.25, 0.3) is 0 Å². The molecule has 0 aliphatic heterocycles. The zero-order valence-electron chi connectivity index (χ0n) is 8.98. The summed E-state index contributed by atoms with van der Waals surface area (Å²) >= 11 is 0. The first kappa shape index (κ1) is 11.7. The standard InChI is InChI=1S/C11H7F2N5/c12-8-2-1-7(3-6(8)4-14)17-10-9(13)5-16-11(15)18-10/h1-3,5H,(H3,15,16,17,18). The van der Waals surface area contributed by atoms with Gasteiger partial charge in [-0.1, -0.05) is 0 Å². The molecule has 0 amide bonds. The molecule has 0 aliphatic carbocycles. The molecule has 0 bridgehead atoms. The van der Waals surface area contributed by atoms with Gasteiger partial charge in [-0.05, 0) is 18.2 Å². The molecule has 2 rings (SSSR count). The number of hydrogen-bond donors (Lipinski definition) is 2. The first-order valence-corrected chi connectivity index (χ1v) is 4.85. The third-order valence-electron chi connectivity index (χ3n) is 2.11. The lowest BCUT2D eigenvalue weighted by molar-refractivity contribution is 0.619. The molecule has 1 aromatic carbocycles. The summed E-state index contributed by atoms with van der Waals surface area (Å²) in [5.74, 6) is -1.59. The highest BCUT2D eigenvalue weighted by Gasteiger charge is 2.08. The van der Waals surface area contributed by atoms with Gasteiger partial charge in [0.05, 0.1) is 11.8 Å². The van der Waals surface area contributed by atoms with E-state index in [-0.39, 0.29) is 17.3 Å². The van der Waals surface area contributed by atoms with Crippen LogP contribution in [0.15, 0.2) is 24.4 Å². The van der Waals surface area contributed by atoms with Crippen LogP contribution in [0.5, 0.6) is 0 Å². The van der Waals surface area contributed by atoms with Gasteiger partial charge in [0.15, 0.2) is 11.6 Å². The second kappa shape index (κ2) is 4.63. The zero-order chi connectivity index (χ0) is 13.1. The lowest BCUT2D eigenvalue weighted by atomic mass is 10.2. The Bertz CT molecular complexity index is 636.